The van der Waals surface area contributed by atoms with Crippen LogP contribution in [0.2, 0.25) is 0 Å². The maximum atomic E-state index is 12.2. The Labute approximate surface area is 159 Å². The molecule has 0 aliphatic rings. The number of methoxy groups -OCH3 is 1. The van der Waals surface area contributed by atoms with Crippen molar-refractivity contribution in [1.29, 1.82) is 0 Å². The molecule has 5 heteroatoms. The summed E-state index contributed by atoms with van der Waals surface area (Å²) < 4.78 is 10.9. The van der Waals surface area contributed by atoms with Gasteiger partial charge in [-0.2, -0.15) is 0 Å². The number of hydrogen-bond acceptors (Lipinski definition) is 5. The van der Waals surface area contributed by atoms with E-state index < -0.39 is 0 Å². The molecule has 0 bridgehead atoms. The molecule has 140 valence electrons. The standard InChI is InChI=1S/C22H24N2O3/c1-26-18-10-8-9-17(15-18)20(25)12-4-2-3-5-13-22-24-16-21(27-22)19-11-6-7-14-23-19/h6-11,14-16H,2-5,12-13H2,1H3. The fraction of sp³-hybridized carbons (Fsp3) is 0.318. The summed E-state index contributed by atoms with van der Waals surface area (Å²) in [6, 6.07) is 13.0. The van der Waals surface area contributed by atoms with E-state index in [0.29, 0.717) is 12.2 Å². The lowest BCUT2D eigenvalue weighted by Crippen LogP contribution is -1.99. The molecule has 5 nitrogen and oxygen atoms in total. The zero-order chi connectivity index (χ0) is 18.9. The van der Waals surface area contributed by atoms with Crippen LogP contribution in [0.15, 0.2) is 59.3 Å². The minimum Gasteiger partial charge on any atom is -0.497 e. The molecule has 1 aromatic carbocycles. The van der Waals surface area contributed by atoms with Crippen molar-refractivity contribution in [3.05, 3.63) is 66.3 Å². The molecule has 3 rings (SSSR count). The largest absolute Gasteiger partial charge is 0.497 e. The van der Waals surface area contributed by atoms with E-state index in [-0.39, 0.29) is 5.78 Å². The summed E-state index contributed by atoms with van der Waals surface area (Å²) in [6.07, 6.45) is 8.79. The second-order valence-electron chi connectivity index (χ2n) is 6.40. The average molecular weight is 364 g/mol. The van der Waals surface area contributed by atoms with Crippen molar-refractivity contribution >= 4 is 5.78 Å². The molecule has 0 radical (unpaired) electrons. The van der Waals surface area contributed by atoms with Gasteiger partial charge >= 0.3 is 0 Å². The molecule has 0 N–H and O–H groups in total. The Kier molecular flexibility index (Phi) is 6.74. The first-order valence-corrected chi connectivity index (χ1v) is 9.29. The van der Waals surface area contributed by atoms with Gasteiger partial charge in [0.2, 0.25) is 0 Å². The summed E-state index contributed by atoms with van der Waals surface area (Å²) in [7, 11) is 1.61. The molecular weight excluding hydrogens is 340 g/mol. The van der Waals surface area contributed by atoms with Crippen LogP contribution >= 0.6 is 0 Å². The van der Waals surface area contributed by atoms with E-state index in [0.717, 1.165) is 55.0 Å². The van der Waals surface area contributed by atoms with Gasteiger partial charge in [-0.25, -0.2) is 4.98 Å². The van der Waals surface area contributed by atoms with Crippen molar-refractivity contribution in [1.82, 2.24) is 9.97 Å². The maximum Gasteiger partial charge on any atom is 0.194 e. The molecule has 0 unspecified atom stereocenters. The molecule has 27 heavy (non-hydrogen) atoms. The van der Waals surface area contributed by atoms with Crippen molar-refractivity contribution in [3.8, 4) is 17.2 Å². The quantitative estimate of drug-likeness (QED) is 0.369. The summed E-state index contributed by atoms with van der Waals surface area (Å²) in [5, 5.41) is 0. The number of carbonyl (C=O) groups is 1. The lowest BCUT2D eigenvalue weighted by atomic mass is 10.0. The number of benzene rings is 1. The SMILES string of the molecule is COc1cccc(C(=O)CCCCCCc2ncc(-c3ccccn3)o2)c1. The zero-order valence-electron chi connectivity index (χ0n) is 15.6. The molecule has 3 aromatic rings. The molecule has 0 saturated carbocycles. The summed E-state index contributed by atoms with van der Waals surface area (Å²) in [6.45, 7) is 0. The Morgan fingerprint density at radius 3 is 2.74 bits per heavy atom. The van der Waals surface area contributed by atoms with Crippen molar-refractivity contribution in [2.24, 2.45) is 0 Å². The lowest BCUT2D eigenvalue weighted by molar-refractivity contribution is 0.0978. The zero-order valence-corrected chi connectivity index (χ0v) is 15.6. The third kappa shape index (κ3) is 5.51. The summed E-state index contributed by atoms with van der Waals surface area (Å²) in [5.74, 6) is 2.33. The van der Waals surface area contributed by atoms with Crippen molar-refractivity contribution < 1.29 is 13.9 Å². The van der Waals surface area contributed by atoms with Gasteiger partial charge in [0.25, 0.3) is 0 Å². The molecule has 0 aliphatic heterocycles. The summed E-state index contributed by atoms with van der Waals surface area (Å²) in [5.41, 5.74) is 1.52. The smallest absolute Gasteiger partial charge is 0.194 e. The van der Waals surface area contributed by atoms with E-state index in [4.69, 9.17) is 9.15 Å². The van der Waals surface area contributed by atoms with Gasteiger partial charge < -0.3 is 9.15 Å². The number of aromatic nitrogens is 2. The highest BCUT2D eigenvalue weighted by Gasteiger charge is 2.08. The first kappa shape index (κ1) is 18.8. The number of nitrogens with zero attached hydrogens (tertiary/aromatic N) is 2. The third-order valence-corrected chi connectivity index (χ3v) is 4.41. The molecule has 0 atom stereocenters. The van der Waals surface area contributed by atoms with E-state index in [9.17, 15) is 4.79 Å². The number of aryl methyl sites for hydroxylation is 1. The fourth-order valence-electron chi connectivity index (χ4n) is 2.91. The lowest BCUT2D eigenvalue weighted by Gasteiger charge is -2.04. The Morgan fingerprint density at radius 2 is 1.93 bits per heavy atom. The Morgan fingerprint density at radius 1 is 1.04 bits per heavy atom. The molecule has 0 amide bonds. The Balaban J connectivity index is 1.35. The molecule has 2 heterocycles. The number of unbranched alkanes of at least 4 members (excludes halogenated alkanes) is 3. The number of ether oxygens (including phenoxy) is 1. The summed E-state index contributed by atoms with van der Waals surface area (Å²) in [4.78, 5) is 20.8. The van der Waals surface area contributed by atoms with Crippen LogP contribution in [0.4, 0.5) is 0 Å². The number of oxazole rings is 1. The van der Waals surface area contributed by atoms with Crippen molar-refractivity contribution in [2.75, 3.05) is 7.11 Å². The van der Waals surface area contributed by atoms with Gasteiger partial charge in [0.1, 0.15) is 11.4 Å². The highest BCUT2D eigenvalue weighted by atomic mass is 16.5. The molecular formula is C22H24N2O3. The van der Waals surface area contributed by atoms with Gasteiger partial charge in [-0.1, -0.05) is 31.0 Å². The van der Waals surface area contributed by atoms with Crippen LogP contribution in [0, 0.1) is 0 Å². The second-order valence-corrected chi connectivity index (χ2v) is 6.40. The van der Waals surface area contributed by atoms with Crippen LogP contribution in [0.3, 0.4) is 0 Å². The van der Waals surface area contributed by atoms with E-state index in [1.807, 2.05) is 36.4 Å². The van der Waals surface area contributed by atoms with E-state index in [1.54, 1.807) is 25.6 Å². The number of rotatable bonds is 10. The normalized spacial score (nSPS) is 10.7. The predicted molar refractivity (Wildman–Crippen MR) is 104 cm³/mol. The monoisotopic (exact) mass is 364 g/mol. The van der Waals surface area contributed by atoms with Crippen LogP contribution in [-0.2, 0) is 6.42 Å². The topological polar surface area (TPSA) is 65.2 Å². The van der Waals surface area contributed by atoms with Crippen LogP contribution < -0.4 is 4.74 Å². The second kappa shape index (κ2) is 9.67. The summed E-state index contributed by atoms with van der Waals surface area (Å²) >= 11 is 0. The highest BCUT2D eigenvalue weighted by molar-refractivity contribution is 5.96. The van der Waals surface area contributed by atoms with E-state index in [2.05, 4.69) is 9.97 Å². The molecule has 0 saturated heterocycles. The number of pyridine rings is 1. The first-order valence-electron chi connectivity index (χ1n) is 9.29. The molecule has 0 spiro atoms. The minimum absolute atomic E-state index is 0.168. The van der Waals surface area contributed by atoms with Gasteiger partial charge in [0.05, 0.1) is 13.3 Å². The first-order chi connectivity index (χ1) is 13.3. The molecule has 2 aromatic heterocycles. The predicted octanol–water partition coefficient (Wildman–Crippen LogP) is 5.12. The van der Waals surface area contributed by atoms with E-state index in [1.165, 1.54) is 0 Å². The van der Waals surface area contributed by atoms with Gasteiger partial charge in [0, 0.05) is 24.6 Å². The highest BCUT2D eigenvalue weighted by Crippen LogP contribution is 2.19. The molecule has 0 aliphatic carbocycles. The van der Waals surface area contributed by atoms with Gasteiger partial charge in [0.15, 0.2) is 17.4 Å². The van der Waals surface area contributed by atoms with Crippen LogP contribution in [0.25, 0.3) is 11.5 Å². The average Bonchev–Trinajstić information content (AvgIpc) is 3.20. The number of hydrogen-bond donors (Lipinski definition) is 0. The Hall–Kier alpha value is -2.95. The number of ketones is 1. The fourth-order valence-corrected chi connectivity index (χ4v) is 2.91. The maximum absolute atomic E-state index is 12.2. The number of Topliss-reactive ketones (excluding diaryl/α,β-unsaturated/α-hetero) is 1. The van der Waals surface area contributed by atoms with Crippen LogP contribution in [0.1, 0.15) is 48.4 Å². The van der Waals surface area contributed by atoms with E-state index >= 15 is 0 Å². The minimum atomic E-state index is 0.168. The van der Waals surface area contributed by atoms with Crippen LogP contribution in [-0.4, -0.2) is 22.9 Å². The third-order valence-electron chi connectivity index (χ3n) is 4.41. The van der Waals surface area contributed by atoms with Gasteiger partial charge in [-0.05, 0) is 37.1 Å². The van der Waals surface area contributed by atoms with Gasteiger partial charge in [-0.15, -0.1) is 0 Å². The Bertz CT molecular complexity index is 859. The molecule has 0 fully saturated rings. The van der Waals surface area contributed by atoms with Crippen molar-refractivity contribution in [3.63, 3.8) is 0 Å². The van der Waals surface area contributed by atoms with Gasteiger partial charge in [-0.3, -0.25) is 9.78 Å². The van der Waals surface area contributed by atoms with Crippen LogP contribution in [0.5, 0.6) is 5.75 Å². The van der Waals surface area contributed by atoms with Crippen molar-refractivity contribution in [2.45, 2.75) is 38.5 Å². The number of carbonyl (C=O) groups excluding carboxylic acids is 1.